The lowest BCUT2D eigenvalue weighted by molar-refractivity contribution is 0.166. The fourth-order valence-electron chi connectivity index (χ4n) is 1.80. The van der Waals surface area contributed by atoms with Gasteiger partial charge >= 0.3 is 6.09 Å². The molecular weight excluding hydrogens is 400 g/mol. The summed E-state index contributed by atoms with van der Waals surface area (Å²) in [6.07, 6.45) is -0.0521. The van der Waals surface area contributed by atoms with Crippen molar-refractivity contribution in [3.05, 3.63) is 45.8 Å². The molecule has 1 amide bonds. The lowest BCUT2D eigenvalue weighted by Crippen LogP contribution is -2.19. The van der Waals surface area contributed by atoms with E-state index in [9.17, 15) is 9.90 Å². The molecule has 1 aromatic carbocycles. The number of hydrogen-bond acceptors (Lipinski definition) is 6. The first-order valence-corrected chi connectivity index (χ1v) is 8.26. The van der Waals surface area contributed by atoms with E-state index in [1.807, 2.05) is 12.1 Å². The fourth-order valence-corrected chi connectivity index (χ4v) is 2.38. The average molecular weight is 416 g/mol. The Hall–Kier alpha value is -1.90. The number of carbonyl (C=O) groups is 1. The largest absolute Gasteiger partial charge is 0.447 e. The van der Waals surface area contributed by atoms with Gasteiger partial charge in [-0.05, 0) is 31.2 Å². The third kappa shape index (κ3) is 5.33. The van der Waals surface area contributed by atoms with E-state index in [4.69, 9.17) is 16.3 Å². The van der Waals surface area contributed by atoms with Crippen LogP contribution in [-0.4, -0.2) is 34.3 Å². The summed E-state index contributed by atoms with van der Waals surface area (Å²) in [6, 6.07) is 7.13. The van der Waals surface area contributed by atoms with Crippen LogP contribution in [0, 0.1) is 0 Å². The molecule has 1 heterocycles. The maximum atomic E-state index is 11.7. The van der Waals surface area contributed by atoms with Crippen molar-refractivity contribution in [1.82, 2.24) is 9.97 Å². The molecule has 2 rings (SSSR count). The van der Waals surface area contributed by atoms with Crippen molar-refractivity contribution in [2.24, 2.45) is 0 Å². The first-order valence-electron chi connectivity index (χ1n) is 7.09. The minimum absolute atomic E-state index is 0.118. The van der Waals surface area contributed by atoms with E-state index in [1.54, 1.807) is 19.1 Å². The van der Waals surface area contributed by atoms with Crippen molar-refractivity contribution in [3.8, 4) is 0 Å². The van der Waals surface area contributed by atoms with Crippen molar-refractivity contribution >= 4 is 45.1 Å². The van der Waals surface area contributed by atoms with E-state index in [1.165, 1.54) is 6.33 Å². The van der Waals surface area contributed by atoms with Gasteiger partial charge in [-0.1, -0.05) is 27.5 Å². The molecule has 9 heteroatoms. The van der Waals surface area contributed by atoms with Crippen LogP contribution in [0.2, 0.25) is 5.02 Å². The molecule has 1 aromatic heterocycles. The molecular formula is C15H16BrClN4O3. The van der Waals surface area contributed by atoms with Crippen LogP contribution >= 0.6 is 27.5 Å². The van der Waals surface area contributed by atoms with Crippen molar-refractivity contribution in [2.45, 2.75) is 13.0 Å². The normalized spacial score (nSPS) is 11.7. The zero-order valence-corrected chi connectivity index (χ0v) is 15.1. The Balaban J connectivity index is 1.77. The molecule has 0 bridgehead atoms. The summed E-state index contributed by atoms with van der Waals surface area (Å²) in [6.45, 7) is 1.99. The Bertz CT molecular complexity index is 698. The van der Waals surface area contributed by atoms with Crippen LogP contribution in [0.5, 0.6) is 0 Å². The number of carbonyl (C=O) groups excluding carboxylic acids is 1. The topological polar surface area (TPSA) is 96.4 Å². The molecule has 0 saturated heterocycles. The predicted octanol–water partition coefficient (Wildman–Crippen LogP) is 3.61. The minimum Gasteiger partial charge on any atom is -0.447 e. The van der Waals surface area contributed by atoms with Gasteiger partial charge in [0, 0.05) is 10.2 Å². The lowest BCUT2D eigenvalue weighted by atomic mass is 10.2. The predicted molar refractivity (Wildman–Crippen MR) is 95.3 cm³/mol. The summed E-state index contributed by atoms with van der Waals surface area (Å²) < 4.78 is 5.98. The van der Waals surface area contributed by atoms with Gasteiger partial charge in [0.25, 0.3) is 0 Å². The number of hydrogen-bond donors (Lipinski definition) is 3. The van der Waals surface area contributed by atoms with E-state index in [-0.39, 0.29) is 11.6 Å². The van der Waals surface area contributed by atoms with Gasteiger partial charge in [-0.3, -0.25) is 5.32 Å². The molecule has 128 valence electrons. The molecule has 3 N–H and O–H groups in total. The molecule has 0 spiro atoms. The lowest BCUT2D eigenvalue weighted by Gasteiger charge is -2.12. The monoisotopic (exact) mass is 414 g/mol. The van der Waals surface area contributed by atoms with Gasteiger partial charge in [0.05, 0.1) is 18.3 Å². The molecule has 2 aromatic rings. The summed E-state index contributed by atoms with van der Waals surface area (Å²) in [4.78, 5) is 19.6. The van der Waals surface area contributed by atoms with Crippen LogP contribution in [-0.2, 0) is 4.74 Å². The summed E-state index contributed by atoms with van der Waals surface area (Å²) in [7, 11) is 0. The highest BCUT2D eigenvalue weighted by Crippen LogP contribution is 2.25. The van der Waals surface area contributed by atoms with Gasteiger partial charge < -0.3 is 15.2 Å². The summed E-state index contributed by atoms with van der Waals surface area (Å²) >= 11 is 9.41. The molecule has 7 nitrogen and oxygen atoms in total. The van der Waals surface area contributed by atoms with E-state index in [0.29, 0.717) is 23.7 Å². The number of anilines is 2. The number of nitrogens with one attached hydrogen (secondary N) is 2. The standard InChI is InChI=1S/C15H16BrClN4O3/c1-9(22)13-12(17)14(20-8-19-13)18-6-7-24-15(23)21-11-4-2-10(16)3-5-11/h2-5,8-9,22H,6-7H2,1H3,(H,21,23)(H,18,19,20). The highest BCUT2D eigenvalue weighted by molar-refractivity contribution is 9.10. The second-order valence-corrected chi connectivity index (χ2v) is 6.09. The maximum absolute atomic E-state index is 11.7. The van der Waals surface area contributed by atoms with Gasteiger partial charge in [-0.15, -0.1) is 0 Å². The summed E-state index contributed by atoms with van der Waals surface area (Å²) in [5, 5.41) is 15.3. The summed E-state index contributed by atoms with van der Waals surface area (Å²) in [5.74, 6) is 0.375. The SMILES string of the molecule is CC(O)c1ncnc(NCCOC(=O)Nc2ccc(Br)cc2)c1Cl. The van der Waals surface area contributed by atoms with Gasteiger partial charge in [0.2, 0.25) is 0 Å². The number of amides is 1. The molecule has 0 fully saturated rings. The van der Waals surface area contributed by atoms with Crippen molar-refractivity contribution in [1.29, 1.82) is 0 Å². The van der Waals surface area contributed by atoms with Gasteiger partial charge in [0.15, 0.2) is 0 Å². The zero-order valence-electron chi connectivity index (χ0n) is 12.8. The smallest absolute Gasteiger partial charge is 0.411 e. The number of aliphatic hydroxyl groups is 1. The van der Waals surface area contributed by atoms with E-state index in [0.717, 1.165) is 4.47 Å². The molecule has 0 saturated carbocycles. The molecule has 0 radical (unpaired) electrons. The van der Waals surface area contributed by atoms with Crippen LogP contribution in [0.1, 0.15) is 18.7 Å². The Morgan fingerprint density at radius 2 is 2.08 bits per heavy atom. The maximum Gasteiger partial charge on any atom is 0.411 e. The molecule has 24 heavy (non-hydrogen) atoms. The molecule has 0 aliphatic heterocycles. The van der Waals surface area contributed by atoms with Crippen molar-refractivity contribution in [3.63, 3.8) is 0 Å². The second-order valence-electron chi connectivity index (χ2n) is 4.79. The van der Waals surface area contributed by atoms with Crippen molar-refractivity contribution < 1.29 is 14.6 Å². The third-order valence-corrected chi connectivity index (χ3v) is 3.83. The molecule has 0 aliphatic carbocycles. The molecule has 1 unspecified atom stereocenters. The zero-order chi connectivity index (χ0) is 17.5. The van der Waals surface area contributed by atoms with E-state index >= 15 is 0 Å². The number of ether oxygens (including phenoxy) is 1. The van der Waals surface area contributed by atoms with E-state index in [2.05, 4.69) is 36.5 Å². The number of aromatic nitrogens is 2. The number of aliphatic hydroxyl groups excluding tert-OH is 1. The van der Waals surface area contributed by atoms with Crippen LogP contribution in [0.4, 0.5) is 16.3 Å². The minimum atomic E-state index is -0.797. The number of rotatable bonds is 6. The molecule has 1 atom stereocenters. The van der Waals surface area contributed by atoms with E-state index < -0.39 is 12.2 Å². The number of halogens is 2. The quantitative estimate of drug-likeness (QED) is 0.624. The highest BCUT2D eigenvalue weighted by atomic mass is 79.9. The Morgan fingerprint density at radius 3 is 2.75 bits per heavy atom. The van der Waals surface area contributed by atoms with Gasteiger partial charge in [-0.25, -0.2) is 14.8 Å². The van der Waals surface area contributed by atoms with Crippen LogP contribution < -0.4 is 10.6 Å². The third-order valence-electron chi connectivity index (χ3n) is 2.93. The first kappa shape index (κ1) is 18.4. The van der Waals surface area contributed by atoms with Crippen molar-refractivity contribution in [2.75, 3.05) is 23.8 Å². The Labute approximate surface area is 152 Å². The molecule has 0 aliphatic rings. The highest BCUT2D eigenvalue weighted by Gasteiger charge is 2.13. The summed E-state index contributed by atoms with van der Waals surface area (Å²) in [5.41, 5.74) is 0.972. The first-order chi connectivity index (χ1) is 11.5. The van der Waals surface area contributed by atoms with Crippen LogP contribution in [0.15, 0.2) is 35.1 Å². The fraction of sp³-hybridized carbons (Fsp3) is 0.267. The van der Waals surface area contributed by atoms with Crippen LogP contribution in [0.25, 0.3) is 0 Å². The van der Waals surface area contributed by atoms with Crippen LogP contribution in [0.3, 0.4) is 0 Å². The number of benzene rings is 1. The second kappa shape index (κ2) is 8.81. The van der Waals surface area contributed by atoms with Gasteiger partial charge in [0.1, 0.15) is 23.8 Å². The Morgan fingerprint density at radius 1 is 1.38 bits per heavy atom. The van der Waals surface area contributed by atoms with Gasteiger partial charge in [-0.2, -0.15) is 0 Å². The number of nitrogens with zero attached hydrogens (tertiary/aromatic N) is 2. The Kier molecular flexibility index (Phi) is 6.77. The average Bonchev–Trinajstić information content (AvgIpc) is 2.55.